The highest BCUT2D eigenvalue weighted by atomic mass is 16.1. The number of unbranched alkanes of at least 4 members (excludes halogenated alkanes) is 2. The smallest absolute Gasteiger partial charge is 0.220 e. The summed E-state index contributed by atoms with van der Waals surface area (Å²) in [6.07, 6.45) is 7.37. The second-order valence-corrected chi connectivity index (χ2v) is 7.06. The molecule has 0 saturated heterocycles. The fourth-order valence-corrected chi connectivity index (χ4v) is 3.45. The molecule has 3 aromatic rings. The Bertz CT molecular complexity index is 899. The Morgan fingerprint density at radius 2 is 1.79 bits per heavy atom. The fourth-order valence-electron chi connectivity index (χ4n) is 3.45. The van der Waals surface area contributed by atoms with Gasteiger partial charge in [0.25, 0.3) is 0 Å². The molecule has 3 rings (SSSR count). The predicted octanol–water partition coefficient (Wildman–Crippen LogP) is 4.68. The molecular weight excluding hydrogens is 346 g/mol. The van der Waals surface area contributed by atoms with Crippen LogP contribution < -0.4 is 5.32 Å². The first-order valence-corrected chi connectivity index (χ1v) is 10.1. The first-order valence-electron chi connectivity index (χ1n) is 10.1. The third-order valence-corrected chi connectivity index (χ3v) is 4.93. The van der Waals surface area contributed by atoms with Gasteiger partial charge in [-0.2, -0.15) is 0 Å². The summed E-state index contributed by atoms with van der Waals surface area (Å²) in [5, 5.41) is 3.03. The van der Waals surface area contributed by atoms with Gasteiger partial charge in [0.05, 0.1) is 11.0 Å². The molecule has 28 heavy (non-hydrogen) atoms. The van der Waals surface area contributed by atoms with E-state index in [4.69, 9.17) is 4.98 Å². The van der Waals surface area contributed by atoms with E-state index in [2.05, 4.69) is 40.7 Å². The Hall–Kier alpha value is -2.88. The standard InChI is InChI=1S/C24H29N3O/c1-2-19-27-22-14-9-8-13-21(22)26-23(27)15-7-4-10-18-25-24(28)17-16-20-11-5-3-6-12-20/h2-3,5-6,8-9,11-14H,1,4,7,10,15-19H2,(H,25,28). The second kappa shape index (κ2) is 10.5. The van der Waals surface area contributed by atoms with Gasteiger partial charge < -0.3 is 9.88 Å². The Kier molecular flexibility index (Phi) is 7.42. The molecule has 0 unspecified atom stereocenters. The molecule has 0 aliphatic carbocycles. The van der Waals surface area contributed by atoms with Crippen molar-refractivity contribution < 1.29 is 4.79 Å². The van der Waals surface area contributed by atoms with Gasteiger partial charge in [-0.1, -0.05) is 55.0 Å². The van der Waals surface area contributed by atoms with Gasteiger partial charge in [-0.25, -0.2) is 4.98 Å². The van der Waals surface area contributed by atoms with Crippen molar-refractivity contribution in [1.82, 2.24) is 14.9 Å². The highest BCUT2D eigenvalue weighted by Gasteiger charge is 2.09. The maximum Gasteiger partial charge on any atom is 0.220 e. The van der Waals surface area contributed by atoms with Crippen LogP contribution >= 0.6 is 0 Å². The van der Waals surface area contributed by atoms with Gasteiger partial charge in [-0.15, -0.1) is 6.58 Å². The van der Waals surface area contributed by atoms with Crippen LogP contribution in [0.2, 0.25) is 0 Å². The Morgan fingerprint density at radius 3 is 2.61 bits per heavy atom. The summed E-state index contributed by atoms with van der Waals surface area (Å²) < 4.78 is 2.24. The van der Waals surface area contributed by atoms with Crippen LogP contribution in [0.25, 0.3) is 11.0 Å². The molecule has 1 heterocycles. The predicted molar refractivity (Wildman–Crippen MR) is 115 cm³/mol. The van der Waals surface area contributed by atoms with E-state index in [1.165, 1.54) is 11.1 Å². The molecule has 4 nitrogen and oxygen atoms in total. The lowest BCUT2D eigenvalue weighted by atomic mass is 10.1. The van der Waals surface area contributed by atoms with Crippen molar-refractivity contribution in [2.24, 2.45) is 0 Å². The summed E-state index contributed by atoms with van der Waals surface area (Å²) in [6, 6.07) is 18.4. The molecule has 0 aliphatic rings. The molecule has 0 fully saturated rings. The van der Waals surface area contributed by atoms with E-state index in [0.717, 1.165) is 56.5 Å². The third kappa shape index (κ3) is 5.56. The van der Waals surface area contributed by atoms with Gasteiger partial charge >= 0.3 is 0 Å². The van der Waals surface area contributed by atoms with Gasteiger partial charge in [0.1, 0.15) is 5.82 Å². The monoisotopic (exact) mass is 375 g/mol. The number of para-hydroxylation sites is 2. The molecular formula is C24H29N3O. The van der Waals surface area contributed by atoms with E-state index in [-0.39, 0.29) is 5.91 Å². The number of benzene rings is 2. The first-order chi connectivity index (χ1) is 13.8. The van der Waals surface area contributed by atoms with Crippen molar-refractivity contribution in [3.8, 4) is 0 Å². The zero-order chi connectivity index (χ0) is 19.6. The average Bonchev–Trinajstić information content (AvgIpc) is 3.07. The molecule has 1 N–H and O–H groups in total. The number of rotatable bonds is 11. The molecule has 1 aromatic heterocycles. The minimum absolute atomic E-state index is 0.136. The van der Waals surface area contributed by atoms with Crippen LogP contribution in [-0.4, -0.2) is 22.0 Å². The average molecular weight is 376 g/mol. The minimum Gasteiger partial charge on any atom is -0.356 e. The largest absolute Gasteiger partial charge is 0.356 e. The molecule has 1 amide bonds. The lowest BCUT2D eigenvalue weighted by molar-refractivity contribution is -0.121. The number of hydrogen-bond acceptors (Lipinski definition) is 2. The molecule has 2 aromatic carbocycles. The molecule has 0 aliphatic heterocycles. The summed E-state index contributed by atoms with van der Waals surface area (Å²) in [4.78, 5) is 16.7. The van der Waals surface area contributed by atoms with Crippen molar-refractivity contribution in [3.63, 3.8) is 0 Å². The van der Waals surface area contributed by atoms with Crippen LogP contribution in [0.5, 0.6) is 0 Å². The summed E-state index contributed by atoms with van der Waals surface area (Å²) in [6.45, 7) is 5.40. The number of fused-ring (bicyclic) bond motifs is 1. The van der Waals surface area contributed by atoms with Crippen molar-refractivity contribution in [2.75, 3.05) is 6.54 Å². The van der Waals surface area contributed by atoms with Crippen LogP contribution in [-0.2, 0) is 24.2 Å². The van der Waals surface area contributed by atoms with Gasteiger partial charge in [0.15, 0.2) is 0 Å². The number of hydrogen-bond donors (Lipinski definition) is 1. The van der Waals surface area contributed by atoms with Gasteiger partial charge in [-0.05, 0) is 37.0 Å². The van der Waals surface area contributed by atoms with E-state index in [9.17, 15) is 4.79 Å². The van der Waals surface area contributed by atoms with Gasteiger partial charge in [0, 0.05) is 25.9 Å². The topological polar surface area (TPSA) is 46.9 Å². The summed E-state index contributed by atoms with van der Waals surface area (Å²) >= 11 is 0. The normalized spacial score (nSPS) is 10.9. The highest BCUT2D eigenvalue weighted by molar-refractivity contribution is 5.76. The quantitative estimate of drug-likeness (QED) is 0.391. The molecule has 0 spiro atoms. The van der Waals surface area contributed by atoms with Crippen molar-refractivity contribution in [2.45, 2.75) is 45.1 Å². The van der Waals surface area contributed by atoms with E-state index in [1.807, 2.05) is 36.4 Å². The van der Waals surface area contributed by atoms with Gasteiger partial charge in [-0.3, -0.25) is 4.79 Å². The molecule has 0 saturated carbocycles. The number of carbonyl (C=O) groups excluding carboxylic acids is 1. The Morgan fingerprint density at radius 1 is 1.00 bits per heavy atom. The molecule has 146 valence electrons. The Balaban J connectivity index is 1.36. The van der Waals surface area contributed by atoms with Crippen molar-refractivity contribution in [1.29, 1.82) is 0 Å². The van der Waals surface area contributed by atoms with Crippen LogP contribution in [0.4, 0.5) is 0 Å². The number of nitrogens with zero attached hydrogens (tertiary/aromatic N) is 2. The highest BCUT2D eigenvalue weighted by Crippen LogP contribution is 2.17. The van der Waals surface area contributed by atoms with E-state index >= 15 is 0 Å². The van der Waals surface area contributed by atoms with E-state index < -0.39 is 0 Å². The van der Waals surface area contributed by atoms with Crippen LogP contribution in [0.3, 0.4) is 0 Å². The maximum absolute atomic E-state index is 12.0. The number of allylic oxidation sites excluding steroid dienone is 1. The van der Waals surface area contributed by atoms with E-state index in [0.29, 0.717) is 6.42 Å². The molecule has 0 radical (unpaired) electrons. The second-order valence-electron chi connectivity index (χ2n) is 7.06. The van der Waals surface area contributed by atoms with Crippen molar-refractivity contribution in [3.05, 3.63) is 78.6 Å². The molecule has 4 heteroatoms. The SMILES string of the molecule is C=CCn1c(CCCCCNC(=O)CCc2ccccc2)nc2ccccc21. The third-order valence-electron chi connectivity index (χ3n) is 4.93. The minimum atomic E-state index is 0.136. The number of carbonyl (C=O) groups is 1. The number of aryl methyl sites for hydroxylation is 2. The summed E-state index contributed by atoms with van der Waals surface area (Å²) in [5.74, 6) is 1.25. The van der Waals surface area contributed by atoms with Crippen LogP contribution in [0, 0.1) is 0 Å². The zero-order valence-corrected chi connectivity index (χ0v) is 16.4. The summed E-state index contributed by atoms with van der Waals surface area (Å²) in [7, 11) is 0. The number of nitrogens with one attached hydrogen (secondary N) is 1. The molecule has 0 bridgehead atoms. The summed E-state index contributed by atoms with van der Waals surface area (Å²) in [5.41, 5.74) is 3.42. The van der Waals surface area contributed by atoms with Crippen LogP contribution in [0.15, 0.2) is 67.3 Å². The number of aromatic nitrogens is 2. The lowest BCUT2D eigenvalue weighted by Crippen LogP contribution is -2.24. The fraction of sp³-hybridized carbons (Fsp3) is 0.333. The first kappa shape index (κ1) is 19.9. The number of imidazole rings is 1. The van der Waals surface area contributed by atoms with E-state index in [1.54, 1.807) is 0 Å². The Labute approximate surface area is 167 Å². The van der Waals surface area contributed by atoms with Crippen LogP contribution in [0.1, 0.15) is 37.1 Å². The van der Waals surface area contributed by atoms with Gasteiger partial charge in [0.2, 0.25) is 5.91 Å². The number of amides is 1. The zero-order valence-electron chi connectivity index (χ0n) is 16.4. The van der Waals surface area contributed by atoms with Crippen molar-refractivity contribution >= 4 is 16.9 Å². The maximum atomic E-state index is 12.0. The lowest BCUT2D eigenvalue weighted by Gasteiger charge is -2.07. The molecule has 0 atom stereocenters.